The Labute approximate surface area is 98.3 Å². The van der Waals surface area contributed by atoms with Crippen LogP contribution in [0.3, 0.4) is 0 Å². The normalized spacial score (nSPS) is 12.1. The lowest BCUT2D eigenvalue weighted by molar-refractivity contribution is 0.504. The zero-order chi connectivity index (χ0) is 12.0. The molecule has 1 N–H and O–H groups in total. The van der Waals surface area contributed by atoms with Crippen LogP contribution in [0.5, 0.6) is 0 Å². The highest BCUT2D eigenvalue weighted by Crippen LogP contribution is 2.12. The smallest absolute Gasteiger partial charge is 0.0638 e. The van der Waals surface area contributed by atoms with E-state index in [1.165, 1.54) is 16.7 Å². The number of nitriles is 1. The van der Waals surface area contributed by atoms with Gasteiger partial charge in [0.15, 0.2) is 0 Å². The van der Waals surface area contributed by atoms with E-state index in [1.54, 1.807) is 0 Å². The van der Waals surface area contributed by atoms with E-state index in [-0.39, 0.29) is 0 Å². The van der Waals surface area contributed by atoms with Crippen molar-refractivity contribution in [1.82, 2.24) is 5.32 Å². The maximum absolute atomic E-state index is 8.67. The quantitative estimate of drug-likeness (QED) is 0.821. The summed E-state index contributed by atoms with van der Waals surface area (Å²) < 4.78 is 0. The van der Waals surface area contributed by atoms with Gasteiger partial charge in [-0.05, 0) is 37.0 Å². The average molecular weight is 216 g/mol. The van der Waals surface area contributed by atoms with E-state index in [1.807, 2.05) is 0 Å². The van der Waals surface area contributed by atoms with E-state index in [4.69, 9.17) is 5.26 Å². The molecule has 0 radical (unpaired) electrons. The summed E-state index contributed by atoms with van der Waals surface area (Å²) in [6, 6.07) is 8.89. The van der Waals surface area contributed by atoms with Gasteiger partial charge < -0.3 is 5.32 Å². The Morgan fingerprint density at radius 3 is 2.75 bits per heavy atom. The van der Waals surface area contributed by atoms with Gasteiger partial charge >= 0.3 is 0 Å². The average Bonchev–Trinajstić information content (AvgIpc) is 2.29. The topological polar surface area (TPSA) is 35.8 Å². The summed E-state index contributed by atoms with van der Waals surface area (Å²) in [4.78, 5) is 0. The first-order valence-electron chi connectivity index (χ1n) is 5.84. The van der Waals surface area contributed by atoms with Crippen LogP contribution in [0.4, 0.5) is 0 Å². The fourth-order valence-corrected chi connectivity index (χ4v) is 1.73. The van der Waals surface area contributed by atoms with Crippen LogP contribution in [0.2, 0.25) is 0 Å². The molecule has 0 heterocycles. The number of benzene rings is 1. The Morgan fingerprint density at radius 2 is 2.12 bits per heavy atom. The second-order valence-corrected chi connectivity index (χ2v) is 4.21. The van der Waals surface area contributed by atoms with Crippen LogP contribution in [-0.2, 0) is 6.54 Å². The minimum atomic E-state index is 0.310. The number of hydrogen-bond donors (Lipinski definition) is 1. The van der Waals surface area contributed by atoms with Crippen LogP contribution >= 0.6 is 0 Å². The molecule has 1 atom stereocenters. The standard InChI is InChI=1S/C14H20N2/c1-4-14(8-9-15)16-10-13-7-5-6-11(2)12(13)3/h5-7,14,16H,4,8,10H2,1-3H3. The van der Waals surface area contributed by atoms with E-state index < -0.39 is 0 Å². The summed E-state index contributed by atoms with van der Waals surface area (Å²) in [6.07, 6.45) is 1.58. The van der Waals surface area contributed by atoms with Gasteiger partial charge in [-0.15, -0.1) is 0 Å². The molecule has 86 valence electrons. The molecule has 1 unspecified atom stereocenters. The molecule has 0 aliphatic carbocycles. The minimum absolute atomic E-state index is 0.310. The monoisotopic (exact) mass is 216 g/mol. The van der Waals surface area contributed by atoms with Crippen LogP contribution in [-0.4, -0.2) is 6.04 Å². The van der Waals surface area contributed by atoms with Gasteiger partial charge in [0.25, 0.3) is 0 Å². The van der Waals surface area contributed by atoms with Crippen molar-refractivity contribution in [2.75, 3.05) is 0 Å². The molecule has 2 heteroatoms. The molecule has 0 amide bonds. The Hall–Kier alpha value is -1.33. The van der Waals surface area contributed by atoms with Gasteiger partial charge in [0.05, 0.1) is 12.5 Å². The van der Waals surface area contributed by atoms with E-state index in [0.717, 1.165) is 13.0 Å². The fourth-order valence-electron chi connectivity index (χ4n) is 1.73. The highest BCUT2D eigenvalue weighted by molar-refractivity contribution is 5.32. The van der Waals surface area contributed by atoms with Crippen molar-refractivity contribution >= 4 is 0 Å². The van der Waals surface area contributed by atoms with E-state index in [9.17, 15) is 0 Å². The molecule has 0 aliphatic rings. The maximum atomic E-state index is 8.67. The second kappa shape index (κ2) is 6.30. The highest BCUT2D eigenvalue weighted by atomic mass is 14.9. The van der Waals surface area contributed by atoms with Gasteiger partial charge in [-0.1, -0.05) is 25.1 Å². The summed E-state index contributed by atoms with van der Waals surface area (Å²) in [5, 5.41) is 12.1. The molecule has 1 rings (SSSR count). The van der Waals surface area contributed by atoms with Crippen molar-refractivity contribution in [2.45, 2.75) is 46.2 Å². The first-order chi connectivity index (χ1) is 7.69. The van der Waals surface area contributed by atoms with Crippen molar-refractivity contribution in [1.29, 1.82) is 5.26 Å². The third kappa shape index (κ3) is 3.36. The van der Waals surface area contributed by atoms with Crippen molar-refractivity contribution < 1.29 is 0 Å². The largest absolute Gasteiger partial charge is 0.309 e. The molecule has 0 aromatic heterocycles. The summed E-state index contributed by atoms with van der Waals surface area (Å²) in [6.45, 7) is 7.24. The van der Waals surface area contributed by atoms with Crippen molar-refractivity contribution in [3.63, 3.8) is 0 Å². The van der Waals surface area contributed by atoms with Crippen molar-refractivity contribution in [2.24, 2.45) is 0 Å². The molecule has 16 heavy (non-hydrogen) atoms. The van der Waals surface area contributed by atoms with E-state index in [0.29, 0.717) is 12.5 Å². The summed E-state index contributed by atoms with van der Waals surface area (Å²) in [5.74, 6) is 0. The number of nitrogens with zero attached hydrogens (tertiary/aromatic N) is 1. The summed E-state index contributed by atoms with van der Waals surface area (Å²) in [7, 11) is 0. The van der Waals surface area contributed by atoms with Crippen LogP contribution < -0.4 is 5.32 Å². The van der Waals surface area contributed by atoms with Gasteiger partial charge in [0.1, 0.15) is 0 Å². The predicted octanol–water partition coefficient (Wildman–Crippen LogP) is 3.09. The van der Waals surface area contributed by atoms with Crippen molar-refractivity contribution in [3.8, 4) is 6.07 Å². The molecular formula is C14H20N2. The van der Waals surface area contributed by atoms with Gasteiger partial charge in [0.2, 0.25) is 0 Å². The van der Waals surface area contributed by atoms with Crippen molar-refractivity contribution in [3.05, 3.63) is 34.9 Å². The Morgan fingerprint density at radius 1 is 1.38 bits per heavy atom. The Balaban J connectivity index is 2.60. The summed E-state index contributed by atoms with van der Waals surface area (Å²) >= 11 is 0. The Bertz CT molecular complexity index is 377. The molecule has 0 spiro atoms. The van der Waals surface area contributed by atoms with Gasteiger partial charge in [0, 0.05) is 12.6 Å². The zero-order valence-corrected chi connectivity index (χ0v) is 10.4. The third-order valence-electron chi connectivity index (χ3n) is 3.13. The molecule has 0 aliphatic heterocycles. The lowest BCUT2D eigenvalue weighted by atomic mass is 10.0. The summed E-state index contributed by atoms with van der Waals surface area (Å²) in [5.41, 5.74) is 4.01. The molecule has 2 nitrogen and oxygen atoms in total. The highest BCUT2D eigenvalue weighted by Gasteiger charge is 2.06. The maximum Gasteiger partial charge on any atom is 0.0638 e. The number of rotatable bonds is 5. The third-order valence-corrected chi connectivity index (χ3v) is 3.13. The molecule has 0 saturated carbocycles. The molecule has 0 saturated heterocycles. The van der Waals surface area contributed by atoms with Gasteiger partial charge in [-0.3, -0.25) is 0 Å². The SMILES string of the molecule is CCC(CC#N)NCc1cccc(C)c1C. The lowest BCUT2D eigenvalue weighted by Gasteiger charge is -2.15. The first-order valence-corrected chi connectivity index (χ1v) is 5.84. The molecule has 1 aromatic rings. The molecular weight excluding hydrogens is 196 g/mol. The molecule has 0 bridgehead atoms. The van der Waals surface area contributed by atoms with Crippen LogP contribution in [0.1, 0.15) is 36.5 Å². The lowest BCUT2D eigenvalue weighted by Crippen LogP contribution is -2.27. The van der Waals surface area contributed by atoms with Crippen LogP contribution in [0.15, 0.2) is 18.2 Å². The number of hydrogen-bond acceptors (Lipinski definition) is 2. The first kappa shape index (κ1) is 12.7. The van der Waals surface area contributed by atoms with Crippen LogP contribution in [0.25, 0.3) is 0 Å². The zero-order valence-electron chi connectivity index (χ0n) is 10.4. The second-order valence-electron chi connectivity index (χ2n) is 4.21. The fraction of sp³-hybridized carbons (Fsp3) is 0.500. The van der Waals surface area contributed by atoms with Gasteiger partial charge in [-0.25, -0.2) is 0 Å². The number of nitrogens with one attached hydrogen (secondary N) is 1. The van der Waals surface area contributed by atoms with E-state index in [2.05, 4.69) is 50.4 Å². The van der Waals surface area contributed by atoms with Gasteiger partial charge in [-0.2, -0.15) is 5.26 Å². The molecule has 1 aromatic carbocycles. The Kier molecular flexibility index (Phi) is 5.01. The minimum Gasteiger partial charge on any atom is -0.309 e. The predicted molar refractivity (Wildman–Crippen MR) is 67.1 cm³/mol. The van der Waals surface area contributed by atoms with Crippen LogP contribution in [0, 0.1) is 25.2 Å². The number of aryl methyl sites for hydroxylation is 1. The molecule has 0 fully saturated rings. The van der Waals surface area contributed by atoms with E-state index >= 15 is 0 Å².